The van der Waals surface area contributed by atoms with Crippen LogP contribution in [0.25, 0.3) is 0 Å². The molecule has 17 heavy (non-hydrogen) atoms. The topological polar surface area (TPSA) is 15.3 Å². The van der Waals surface area contributed by atoms with Gasteiger partial charge in [-0.1, -0.05) is 27.2 Å². The molecule has 1 heterocycles. The molecule has 2 nitrogen and oxygen atoms in total. The minimum absolute atomic E-state index is 0.821. The van der Waals surface area contributed by atoms with E-state index in [-0.39, 0.29) is 0 Å². The number of nitrogens with one attached hydrogen (secondary N) is 1. The Balaban J connectivity index is 2.44. The molecule has 1 aliphatic rings. The van der Waals surface area contributed by atoms with Crippen LogP contribution in [0.2, 0.25) is 0 Å². The standard InChI is InChI=1S/C15H32N2/c1-4-8-15(6-3)17(11-5-2)13-14-9-7-10-16-12-14/h14-16H,4-13H2,1-3H3. The van der Waals surface area contributed by atoms with E-state index in [2.05, 4.69) is 31.0 Å². The summed E-state index contributed by atoms with van der Waals surface area (Å²) in [5, 5.41) is 3.54. The third-order valence-electron chi connectivity index (χ3n) is 4.01. The SMILES string of the molecule is CCCC(CC)N(CCC)CC1CCCNC1. The van der Waals surface area contributed by atoms with Crippen molar-refractivity contribution in [3.8, 4) is 0 Å². The van der Waals surface area contributed by atoms with Crippen LogP contribution < -0.4 is 5.32 Å². The Morgan fingerprint density at radius 2 is 2.06 bits per heavy atom. The van der Waals surface area contributed by atoms with Gasteiger partial charge >= 0.3 is 0 Å². The fourth-order valence-corrected chi connectivity index (χ4v) is 3.10. The predicted octanol–water partition coefficient (Wildman–Crippen LogP) is 3.28. The second-order valence-corrected chi connectivity index (χ2v) is 5.56. The van der Waals surface area contributed by atoms with Crippen molar-refractivity contribution in [2.24, 2.45) is 5.92 Å². The van der Waals surface area contributed by atoms with Crippen LogP contribution in [0.3, 0.4) is 0 Å². The first-order valence-electron chi connectivity index (χ1n) is 7.76. The predicted molar refractivity (Wildman–Crippen MR) is 76.4 cm³/mol. The summed E-state index contributed by atoms with van der Waals surface area (Å²) in [6.07, 6.45) is 8.09. The van der Waals surface area contributed by atoms with Crippen LogP contribution in [0.4, 0.5) is 0 Å². The summed E-state index contributed by atoms with van der Waals surface area (Å²) in [4.78, 5) is 2.77. The van der Waals surface area contributed by atoms with Crippen molar-refractivity contribution in [3.05, 3.63) is 0 Å². The molecule has 1 fully saturated rings. The van der Waals surface area contributed by atoms with E-state index in [1.165, 1.54) is 64.7 Å². The molecule has 1 rings (SSSR count). The molecular weight excluding hydrogens is 208 g/mol. The summed E-state index contributed by atoms with van der Waals surface area (Å²) in [5.74, 6) is 0.890. The molecule has 0 spiro atoms. The smallest absolute Gasteiger partial charge is 0.00926 e. The Morgan fingerprint density at radius 1 is 1.24 bits per heavy atom. The van der Waals surface area contributed by atoms with Crippen molar-refractivity contribution < 1.29 is 0 Å². The van der Waals surface area contributed by atoms with E-state index in [0.717, 1.165) is 12.0 Å². The van der Waals surface area contributed by atoms with Crippen LogP contribution in [-0.4, -0.2) is 37.1 Å². The molecule has 102 valence electrons. The number of hydrogen-bond acceptors (Lipinski definition) is 2. The Morgan fingerprint density at radius 3 is 2.59 bits per heavy atom. The summed E-state index contributed by atoms with van der Waals surface area (Å²) in [5.41, 5.74) is 0. The van der Waals surface area contributed by atoms with Crippen molar-refractivity contribution in [1.29, 1.82) is 0 Å². The molecule has 2 heteroatoms. The molecule has 0 aromatic rings. The maximum atomic E-state index is 3.54. The zero-order valence-corrected chi connectivity index (χ0v) is 12.2. The molecule has 1 N–H and O–H groups in total. The van der Waals surface area contributed by atoms with Crippen molar-refractivity contribution >= 4 is 0 Å². The van der Waals surface area contributed by atoms with Gasteiger partial charge in [0, 0.05) is 12.6 Å². The maximum Gasteiger partial charge on any atom is 0.00926 e. The first-order valence-corrected chi connectivity index (χ1v) is 7.76. The minimum atomic E-state index is 0.821. The summed E-state index contributed by atoms with van der Waals surface area (Å²) >= 11 is 0. The van der Waals surface area contributed by atoms with Crippen molar-refractivity contribution in [2.45, 2.75) is 65.3 Å². The Bertz CT molecular complexity index is 176. The number of piperidine rings is 1. The van der Waals surface area contributed by atoms with E-state index in [1.807, 2.05) is 0 Å². The largest absolute Gasteiger partial charge is 0.316 e. The zero-order valence-electron chi connectivity index (χ0n) is 12.2. The Hall–Kier alpha value is -0.0800. The maximum absolute atomic E-state index is 3.54. The van der Waals surface area contributed by atoms with E-state index in [9.17, 15) is 0 Å². The zero-order chi connectivity index (χ0) is 12.5. The highest BCUT2D eigenvalue weighted by Gasteiger charge is 2.21. The average molecular weight is 240 g/mol. The highest BCUT2D eigenvalue weighted by atomic mass is 15.2. The molecule has 2 unspecified atom stereocenters. The molecule has 0 bridgehead atoms. The lowest BCUT2D eigenvalue weighted by Crippen LogP contribution is -2.43. The fraction of sp³-hybridized carbons (Fsp3) is 1.00. The molecular formula is C15H32N2. The second kappa shape index (κ2) is 8.93. The Labute approximate surface area is 108 Å². The molecule has 0 aromatic carbocycles. The van der Waals surface area contributed by atoms with Crippen LogP contribution in [-0.2, 0) is 0 Å². The first-order chi connectivity index (χ1) is 8.31. The summed E-state index contributed by atoms with van der Waals surface area (Å²) in [6, 6.07) is 0.821. The van der Waals surface area contributed by atoms with Gasteiger partial charge in [-0.05, 0) is 57.7 Å². The van der Waals surface area contributed by atoms with Gasteiger partial charge in [0.1, 0.15) is 0 Å². The van der Waals surface area contributed by atoms with E-state index >= 15 is 0 Å². The van der Waals surface area contributed by atoms with E-state index in [4.69, 9.17) is 0 Å². The van der Waals surface area contributed by atoms with Gasteiger partial charge in [0.2, 0.25) is 0 Å². The highest BCUT2D eigenvalue weighted by molar-refractivity contribution is 4.77. The molecule has 0 aliphatic carbocycles. The van der Waals surface area contributed by atoms with Crippen LogP contribution in [0, 0.1) is 5.92 Å². The average Bonchev–Trinajstić information content (AvgIpc) is 2.37. The highest BCUT2D eigenvalue weighted by Crippen LogP contribution is 2.17. The normalized spacial score (nSPS) is 22.9. The molecule has 1 aliphatic heterocycles. The van der Waals surface area contributed by atoms with E-state index < -0.39 is 0 Å². The number of rotatable bonds is 8. The van der Waals surface area contributed by atoms with Gasteiger partial charge in [-0.25, -0.2) is 0 Å². The van der Waals surface area contributed by atoms with Crippen LogP contribution in [0.5, 0.6) is 0 Å². The molecule has 0 amide bonds. The lowest BCUT2D eigenvalue weighted by atomic mass is 9.97. The minimum Gasteiger partial charge on any atom is -0.316 e. The van der Waals surface area contributed by atoms with Gasteiger partial charge < -0.3 is 10.2 Å². The second-order valence-electron chi connectivity index (χ2n) is 5.56. The Kier molecular flexibility index (Phi) is 7.87. The summed E-state index contributed by atoms with van der Waals surface area (Å²) in [6.45, 7) is 12.1. The van der Waals surface area contributed by atoms with E-state index in [0.29, 0.717) is 0 Å². The number of nitrogens with zero attached hydrogens (tertiary/aromatic N) is 1. The lowest BCUT2D eigenvalue weighted by Gasteiger charge is -2.35. The fourth-order valence-electron chi connectivity index (χ4n) is 3.10. The molecule has 1 saturated heterocycles. The third kappa shape index (κ3) is 5.39. The van der Waals surface area contributed by atoms with E-state index in [1.54, 1.807) is 0 Å². The van der Waals surface area contributed by atoms with Gasteiger partial charge in [0.05, 0.1) is 0 Å². The van der Waals surface area contributed by atoms with Gasteiger partial charge in [-0.15, -0.1) is 0 Å². The third-order valence-corrected chi connectivity index (χ3v) is 4.01. The van der Waals surface area contributed by atoms with Gasteiger partial charge in [0.25, 0.3) is 0 Å². The van der Waals surface area contributed by atoms with Gasteiger partial charge in [-0.2, -0.15) is 0 Å². The summed E-state index contributed by atoms with van der Waals surface area (Å²) in [7, 11) is 0. The van der Waals surface area contributed by atoms with Crippen molar-refractivity contribution in [1.82, 2.24) is 10.2 Å². The molecule has 0 saturated carbocycles. The van der Waals surface area contributed by atoms with Gasteiger partial charge in [0.15, 0.2) is 0 Å². The molecule has 2 atom stereocenters. The molecule has 0 aromatic heterocycles. The van der Waals surface area contributed by atoms with Crippen molar-refractivity contribution in [2.75, 3.05) is 26.2 Å². The monoisotopic (exact) mass is 240 g/mol. The quantitative estimate of drug-likeness (QED) is 0.700. The van der Waals surface area contributed by atoms with Crippen molar-refractivity contribution in [3.63, 3.8) is 0 Å². The van der Waals surface area contributed by atoms with Crippen LogP contribution in [0.1, 0.15) is 59.3 Å². The van der Waals surface area contributed by atoms with Gasteiger partial charge in [-0.3, -0.25) is 0 Å². The van der Waals surface area contributed by atoms with Crippen LogP contribution >= 0.6 is 0 Å². The number of hydrogen-bond donors (Lipinski definition) is 1. The summed E-state index contributed by atoms with van der Waals surface area (Å²) < 4.78 is 0. The first kappa shape index (κ1) is 15.0. The molecule has 0 radical (unpaired) electrons. The lowest BCUT2D eigenvalue weighted by molar-refractivity contribution is 0.142. The van der Waals surface area contributed by atoms with Crippen LogP contribution in [0.15, 0.2) is 0 Å².